The summed E-state index contributed by atoms with van der Waals surface area (Å²) in [6, 6.07) is 17.5. The molecular formula is C22H24N2. The molecule has 0 aliphatic heterocycles. The van der Waals surface area contributed by atoms with Crippen LogP contribution in [0.15, 0.2) is 60.9 Å². The number of fused-ring (bicyclic) bond motifs is 2. The fraction of sp³-hybridized carbons (Fsp3) is 0.273. The van der Waals surface area contributed by atoms with Crippen molar-refractivity contribution in [3.63, 3.8) is 0 Å². The van der Waals surface area contributed by atoms with E-state index in [1.165, 1.54) is 32.9 Å². The fourth-order valence-corrected chi connectivity index (χ4v) is 3.82. The van der Waals surface area contributed by atoms with Crippen LogP contribution in [0, 0.1) is 0 Å². The number of aromatic nitrogens is 2. The number of para-hydroxylation sites is 1. The van der Waals surface area contributed by atoms with E-state index < -0.39 is 0 Å². The highest BCUT2D eigenvalue weighted by molar-refractivity contribution is 5.85. The van der Waals surface area contributed by atoms with Crippen LogP contribution in [0.4, 0.5) is 0 Å². The van der Waals surface area contributed by atoms with Crippen molar-refractivity contribution in [2.45, 2.75) is 39.2 Å². The number of rotatable bonds is 4. The molecule has 0 spiro atoms. The van der Waals surface area contributed by atoms with Crippen LogP contribution >= 0.6 is 0 Å². The first-order valence-corrected chi connectivity index (χ1v) is 8.79. The summed E-state index contributed by atoms with van der Waals surface area (Å²) in [4.78, 5) is 3.32. The van der Waals surface area contributed by atoms with Crippen LogP contribution in [-0.2, 0) is 6.54 Å². The predicted octanol–water partition coefficient (Wildman–Crippen LogP) is 6.05. The van der Waals surface area contributed by atoms with Crippen LogP contribution in [0.2, 0.25) is 0 Å². The molecule has 1 N–H and O–H groups in total. The third kappa shape index (κ3) is 2.43. The van der Waals surface area contributed by atoms with E-state index in [1.807, 2.05) is 6.20 Å². The molecule has 0 bridgehead atoms. The summed E-state index contributed by atoms with van der Waals surface area (Å²) < 4.78 is 2.43. The van der Waals surface area contributed by atoms with Gasteiger partial charge in [-0.3, -0.25) is 0 Å². The monoisotopic (exact) mass is 316 g/mol. The zero-order valence-corrected chi connectivity index (χ0v) is 14.6. The zero-order valence-electron chi connectivity index (χ0n) is 14.6. The van der Waals surface area contributed by atoms with Crippen molar-refractivity contribution in [3.05, 3.63) is 72.1 Å². The molecule has 0 saturated carbocycles. The molecule has 2 nitrogen and oxygen atoms in total. The smallest absolute Gasteiger partial charge is 0.0483 e. The Morgan fingerprint density at radius 1 is 0.875 bits per heavy atom. The van der Waals surface area contributed by atoms with E-state index in [9.17, 15) is 0 Å². The Labute approximate surface area is 143 Å². The molecule has 4 aromatic rings. The topological polar surface area (TPSA) is 20.7 Å². The van der Waals surface area contributed by atoms with E-state index in [1.54, 1.807) is 0 Å². The van der Waals surface area contributed by atoms with Crippen molar-refractivity contribution in [1.82, 2.24) is 9.55 Å². The van der Waals surface area contributed by atoms with Crippen molar-refractivity contribution in [3.8, 4) is 0 Å². The van der Waals surface area contributed by atoms with Gasteiger partial charge in [0, 0.05) is 40.7 Å². The number of benzene rings is 2. The summed E-state index contributed by atoms with van der Waals surface area (Å²) in [5.41, 5.74) is 5.42. The van der Waals surface area contributed by atoms with Gasteiger partial charge in [-0.25, -0.2) is 0 Å². The van der Waals surface area contributed by atoms with Gasteiger partial charge in [0.25, 0.3) is 0 Å². The van der Waals surface area contributed by atoms with E-state index in [2.05, 4.69) is 85.1 Å². The normalized spacial score (nSPS) is 13.2. The molecule has 1 atom stereocenters. The van der Waals surface area contributed by atoms with Gasteiger partial charge in [-0.2, -0.15) is 0 Å². The standard InChI is InChI=1S/C22H24N2/c1-15(2)20-14-24(22-10-5-4-7-19(20)22)13-16(3)17-8-6-9-21-18(17)11-12-23-21/h4-12,14-16,23H,13H2,1-3H3/t16-/m1/s1. The minimum atomic E-state index is 0.459. The molecule has 0 radical (unpaired) electrons. The van der Waals surface area contributed by atoms with Gasteiger partial charge < -0.3 is 9.55 Å². The summed E-state index contributed by atoms with van der Waals surface area (Å²) in [6.07, 6.45) is 4.38. The van der Waals surface area contributed by atoms with E-state index in [0.717, 1.165) is 6.54 Å². The minimum absolute atomic E-state index is 0.459. The first-order valence-electron chi connectivity index (χ1n) is 8.79. The van der Waals surface area contributed by atoms with Gasteiger partial charge in [0.2, 0.25) is 0 Å². The summed E-state index contributed by atoms with van der Waals surface area (Å²) in [5, 5.41) is 2.73. The second-order valence-electron chi connectivity index (χ2n) is 7.10. The molecule has 4 rings (SSSR count). The maximum atomic E-state index is 3.32. The molecule has 2 aromatic heterocycles. The second kappa shape index (κ2) is 5.86. The Hall–Kier alpha value is -2.48. The van der Waals surface area contributed by atoms with E-state index in [4.69, 9.17) is 0 Å². The molecule has 0 aliphatic carbocycles. The van der Waals surface area contributed by atoms with Gasteiger partial charge >= 0.3 is 0 Å². The number of aromatic amines is 1. The Morgan fingerprint density at radius 2 is 1.71 bits per heavy atom. The lowest BCUT2D eigenvalue weighted by molar-refractivity contribution is 0.615. The first kappa shape index (κ1) is 15.1. The van der Waals surface area contributed by atoms with Gasteiger partial charge in [-0.05, 0) is 41.2 Å². The Morgan fingerprint density at radius 3 is 2.54 bits per heavy atom. The molecule has 2 aromatic carbocycles. The lowest BCUT2D eigenvalue weighted by atomic mass is 9.97. The molecule has 0 saturated heterocycles. The number of hydrogen-bond acceptors (Lipinski definition) is 0. The number of hydrogen-bond donors (Lipinski definition) is 1. The van der Waals surface area contributed by atoms with Gasteiger partial charge in [-0.15, -0.1) is 0 Å². The van der Waals surface area contributed by atoms with Crippen molar-refractivity contribution in [2.24, 2.45) is 0 Å². The lowest BCUT2D eigenvalue weighted by Crippen LogP contribution is -2.05. The van der Waals surface area contributed by atoms with Crippen molar-refractivity contribution in [1.29, 1.82) is 0 Å². The summed E-state index contributed by atoms with van der Waals surface area (Å²) >= 11 is 0. The molecule has 2 heteroatoms. The van der Waals surface area contributed by atoms with E-state index >= 15 is 0 Å². The molecule has 24 heavy (non-hydrogen) atoms. The van der Waals surface area contributed by atoms with Gasteiger partial charge in [-0.1, -0.05) is 51.1 Å². The Kier molecular flexibility index (Phi) is 3.68. The summed E-state index contributed by atoms with van der Waals surface area (Å²) in [5.74, 6) is 1.000. The molecule has 0 aliphatic rings. The second-order valence-corrected chi connectivity index (χ2v) is 7.10. The third-order valence-corrected chi connectivity index (χ3v) is 5.07. The fourth-order valence-electron chi connectivity index (χ4n) is 3.82. The molecule has 0 unspecified atom stereocenters. The molecule has 2 heterocycles. The highest BCUT2D eigenvalue weighted by Gasteiger charge is 2.15. The quantitative estimate of drug-likeness (QED) is 0.473. The predicted molar refractivity (Wildman–Crippen MR) is 103 cm³/mol. The van der Waals surface area contributed by atoms with Crippen LogP contribution in [0.25, 0.3) is 21.8 Å². The molecule has 0 fully saturated rings. The molecule has 0 amide bonds. The Bertz CT molecular complexity index is 987. The van der Waals surface area contributed by atoms with Crippen LogP contribution in [-0.4, -0.2) is 9.55 Å². The highest BCUT2D eigenvalue weighted by Crippen LogP contribution is 2.31. The maximum absolute atomic E-state index is 3.32. The van der Waals surface area contributed by atoms with Gasteiger partial charge in [0.1, 0.15) is 0 Å². The van der Waals surface area contributed by atoms with Crippen molar-refractivity contribution >= 4 is 21.8 Å². The van der Waals surface area contributed by atoms with Crippen molar-refractivity contribution in [2.75, 3.05) is 0 Å². The average Bonchev–Trinajstić information content (AvgIpc) is 3.19. The molecule has 122 valence electrons. The SMILES string of the molecule is CC(C)c1cn(C[C@@H](C)c2cccc3[nH]ccc23)c2ccccc12. The lowest BCUT2D eigenvalue weighted by Gasteiger charge is -2.15. The number of nitrogens with one attached hydrogen (secondary N) is 1. The van der Waals surface area contributed by atoms with Crippen LogP contribution in [0.5, 0.6) is 0 Å². The maximum Gasteiger partial charge on any atom is 0.0483 e. The van der Waals surface area contributed by atoms with E-state index in [0.29, 0.717) is 11.8 Å². The largest absolute Gasteiger partial charge is 0.361 e. The van der Waals surface area contributed by atoms with Crippen molar-refractivity contribution < 1.29 is 0 Å². The third-order valence-electron chi connectivity index (χ3n) is 5.07. The highest BCUT2D eigenvalue weighted by atomic mass is 15.0. The zero-order chi connectivity index (χ0) is 16.7. The average molecular weight is 316 g/mol. The summed E-state index contributed by atoms with van der Waals surface area (Å²) in [6.45, 7) is 7.87. The number of H-pyrrole nitrogens is 1. The van der Waals surface area contributed by atoms with E-state index in [-0.39, 0.29) is 0 Å². The first-order chi connectivity index (χ1) is 11.6. The van der Waals surface area contributed by atoms with Crippen LogP contribution in [0.3, 0.4) is 0 Å². The summed E-state index contributed by atoms with van der Waals surface area (Å²) in [7, 11) is 0. The Balaban J connectivity index is 1.75. The van der Waals surface area contributed by atoms with Gasteiger partial charge in [0.15, 0.2) is 0 Å². The molecular weight excluding hydrogens is 292 g/mol. The minimum Gasteiger partial charge on any atom is -0.361 e. The van der Waals surface area contributed by atoms with Crippen LogP contribution in [0.1, 0.15) is 43.7 Å². The van der Waals surface area contributed by atoms with Crippen LogP contribution < -0.4 is 0 Å². The van der Waals surface area contributed by atoms with Gasteiger partial charge in [0.05, 0.1) is 0 Å². The number of nitrogens with zero attached hydrogens (tertiary/aromatic N) is 1.